The highest BCUT2D eigenvalue weighted by atomic mass is 32.2. The second kappa shape index (κ2) is 13.9. The van der Waals surface area contributed by atoms with Gasteiger partial charge in [0.05, 0.1) is 32.8 Å². The molecule has 12 nitrogen and oxygen atoms in total. The van der Waals surface area contributed by atoms with Crippen LogP contribution in [0.1, 0.15) is 16.7 Å². The summed E-state index contributed by atoms with van der Waals surface area (Å²) in [6.45, 7) is 0.212. The number of nitrogens with zero attached hydrogens (tertiary/aromatic N) is 5. The van der Waals surface area contributed by atoms with Gasteiger partial charge in [-0.2, -0.15) is 4.31 Å². The van der Waals surface area contributed by atoms with Crippen molar-refractivity contribution in [2.45, 2.75) is 24.5 Å². The minimum atomic E-state index is -4.32. The largest absolute Gasteiger partial charge is 0.497 e. The Kier molecular flexibility index (Phi) is 9.79. The number of hydrogen-bond acceptors (Lipinski definition) is 10. The van der Waals surface area contributed by atoms with Gasteiger partial charge >= 0.3 is 7.12 Å². The zero-order valence-corrected chi connectivity index (χ0v) is 25.8. The van der Waals surface area contributed by atoms with Crippen molar-refractivity contribution in [3.63, 3.8) is 0 Å². The number of benzene rings is 4. The van der Waals surface area contributed by atoms with Crippen LogP contribution in [0, 0.1) is 0 Å². The number of hydrogen-bond donors (Lipinski definition) is 2. The molecule has 0 unspecified atom stereocenters. The van der Waals surface area contributed by atoms with Crippen molar-refractivity contribution in [2.24, 2.45) is 0 Å². The Hall–Kier alpha value is -4.76. The average Bonchev–Trinajstić information content (AvgIpc) is 3.52. The number of methoxy groups -OCH3 is 3. The maximum atomic E-state index is 14.6. The molecule has 0 saturated carbocycles. The highest BCUT2D eigenvalue weighted by Gasteiger charge is 2.33. The Morgan fingerprint density at radius 1 is 0.733 bits per heavy atom. The Balaban J connectivity index is 1.60. The molecule has 1 aromatic heterocycles. The van der Waals surface area contributed by atoms with Crippen LogP contribution in [0.15, 0.2) is 95.9 Å². The number of ether oxygens (including phenoxy) is 3. The molecule has 0 saturated heterocycles. The lowest BCUT2D eigenvalue weighted by molar-refractivity contribution is 0.397. The first kappa shape index (κ1) is 31.7. The van der Waals surface area contributed by atoms with Crippen molar-refractivity contribution in [2.75, 3.05) is 21.3 Å². The summed E-state index contributed by atoms with van der Waals surface area (Å²) >= 11 is 0. The van der Waals surface area contributed by atoms with Crippen molar-refractivity contribution in [1.29, 1.82) is 0 Å². The normalized spacial score (nSPS) is 11.4. The van der Waals surface area contributed by atoms with Crippen LogP contribution in [0.4, 0.5) is 0 Å². The van der Waals surface area contributed by atoms with Gasteiger partial charge in [-0.3, -0.25) is 0 Å². The van der Waals surface area contributed by atoms with E-state index in [9.17, 15) is 18.5 Å². The van der Waals surface area contributed by atoms with Crippen LogP contribution in [-0.2, 0) is 29.7 Å². The maximum Gasteiger partial charge on any atom is 0.489 e. The maximum absolute atomic E-state index is 14.6. The minimum absolute atomic E-state index is 0.0135. The number of tetrazole rings is 1. The summed E-state index contributed by atoms with van der Waals surface area (Å²) in [5.41, 5.74) is 2.18. The molecule has 1 heterocycles. The summed E-state index contributed by atoms with van der Waals surface area (Å²) in [5, 5.41) is 32.8. The highest BCUT2D eigenvalue weighted by Crippen LogP contribution is 2.30. The smallest absolute Gasteiger partial charge is 0.489 e. The molecule has 232 valence electrons. The van der Waals surface area contributed by atoms with Crippen LogP contribution in [0.3, 0.4) is 0 Å². The summed E-state index contributed by atoms with van der Waals surface area (Å²) in [6, 6.07) is 25.8. The highest BCUT2D eigenvalue weighted by molar-refractivity contribution is 7.89. The van der Waals surface area contributed by atoms with Gasteiger partial charge in [0, 0.05) is 18.7 Å². The third kappa shape index (κ3) is 7.15. The lowest BCUT2D eigenvalue weighted by Crippen LogP contribution is -2.36. The van der Waals surface area contributed by atoms with E-state index in [0.717, 1.165) is 16.7 Å². The lowest BCUT2D eigenvalue weighted by Gasteiger charge is -2.25. The van der Waals surface area contributed by atoms with Gasteiger partial charge in [0.1, 0.15) is 17.2 Å². The molecule has 0 atom stereocenters. The molecule has 5 aromatic rings. The third-order valence-electron chi connectivity index (χ3n) is 7.24. The molecule has 5 rings (SSSR count). The molecule has 45 heavy (non-hydrogen) atoms. The van der Waals surface area contributed by atoms with E-state index >= 15 is 0 Å². The van der Waals surface area contributed by atoms with E-state index in [4.69, 9.17) is 14.2 Å². The van der Waals surface area contributed by atoms with Crippen molar-refractivity contribution < 1.29 is 32.7 Å². The van der Waals surface area contributed by atoms with E-state index in [-0.39, 0.29) is 41.4 Å². The Bertz CT molecular complexity index is 1780. The summed E-state index contributed by atoms with van der Waals surface area (Å²) in [7, 11) is -1.63. The SMILES string of the molecule is COc1ccc(CN(Cc2ccc(OC)cc2)S(=O)(=O)c2cccc(B(O)O)c2-c2nnnn2Cc2ccc(OC)cc2)cc1. The van der Waals surface area contributed by atoms with Gasteiger partial charge in [-0.15, -0.1) is 5.10 Å². The van der Waals surface area contributed by atoms with Crippen LogP contribution < -0.4 is 19.7 Å². The van der Waals surface area contributed by atoms with Gasteiger partial charge < -0.3 is 24.3 Å². The molecule has 2 N–H and O–H groups in total. The molecule has 0 aliphatic carbocycles. The summed E-state index contributed by atoms with van der Waals surface area (Å²) in [4.78, 5) is -0.180. The topological polar surface area (TPSA) is 149 Å². The number of rotatable bonds is 13. The Morgan fingerprint density at radius 2 is 1.22 bits per heavy atom. The molecular weight excluding hydrogens is 597 g/mol. The molecular formula is C31H32BN5O7S. The van der Waals surface area contributed by atoms with Crippen LogP contribution in [0.25, 0.3) is 11.4 Å². The molecule has 14 heteroatoms. The van der Waals surface area contributed by atoms with E-state index in [2.05, 4.69) is 15.5 Å². The molecule has 0 aliphatic heterocycles. The van der Waals surface area contributed by atoms with Crippen molar-refractivity contribution in [3.8, 4) is 28.6 Å². The summed E-state index contributed by atoms with van der Waals surface area (Å²) in [6.07, 6.45) is 0. The van der Waals surface area contributed by atoms with E-state index in [1.807, 2.05) is 12.1 Å². The molecule has 0 aliphatic rings. The van der Waals surface area contributed by atoms with Crippen molar-refractivity contribution in [3.05, 3.63) is 108 Å². The van der Waals surface area contributed by atoms with Crippen LogP contribution in [0.2, 0.25) is 0 Å². The number of aromatic nitrogens is 4. The first-order valence-electron chi connectivity index (χ1n) is 13.9. The zero-order chi connectivity index (χ0) is 32.0. The Morgan fingerprint density at radius 3 is 1.69 bits per heavy atom. The predicted octanol–water partition coefficient (Wildman–Crippen LogP) is 2.49. The molecule has 4 aromatic carbocycles. The van der Waals surface area contributed by atoms with Gasteiger partial charge in [-0.1, -0.05) is 48.5 Å². The van der Waals surface area contributed by atoms with E-state index < -0.39 is 17.1 Å². The molecule has 0 amide bonds. The second-order valence-electron chi connectivity index (χ2n) is 10.1. The van der Waals surface area contributed by atoms with Gasteiger partial charge in [-0.05, 0) is 75.0 Å². The molecule has 0 radical (unpaired) electrons. The quantitative estimate of drug-likeness (QED) is 0.186. The summed E-state index contributed by atoms with van der Waals surface area (Å²) in [5.74, 6) is 2.01. The van der Waals surface area contributed by atoms with Gasteiger partial charge in [0.25, 0.3) is 0 Å². The fourth-order valence-electron chi connectivity index (χ4n) is 4.85. The van der Waals surface area contributed by atoms with Crippen LogP contribution in [-0.4, -0.2) is 71.4 Å². The Labute approximate surface area is 261 Å². The fraction of sp³-hybridized carbons (Fsp3) is 0.194. The van der Waals surface area contributed by atoms with E-state index in [1.165, 1.54) is 27.2 Å². The van der Waals surface area contributed by atoms with Crippen molar-refractivity contribution >= 4 is 22.6 Å². The molecule has 0 bridgehead atoms. The second-order valence-corrected chi connectivity index (χ2v) is 12.0. The molecule has 0 spiro atoms. The van der Waals surface area contributed by atoms with Gasteiger partial charge in [0.15, 0.2) is 5.82 Å². The molecule has 0 fully saturated rings. The third-order valence-corrected chi connectivity index (χ3v) is 9.07. The van der Waals surface area contributed by atoms with Crippen LogP contribution in [0.5, 0.6) is 17.2 Å². The van der Waals surface area contributed by atoms with Crippen LogP contribution >= 0.6 is 0 Å². The average molecular weight is 630 g/mol. The van der Waals surface area contributed by atoms with Gasteiger partial charge in [0.2, 0.25) is 10.0 Å². The predicted molar refractivity (Wildman–Crippen MR) is 168 cm³/mol. The van der Waals surface area contributed by atoms with Crippen molar-refractivity contribution in [1.82, 2.24) is 24.5 Å². The van der Waals surface area contributed by atoms with Gasteiger partial charge in [-0.25, -0.2) is 13.1 Å². The first-order valence-corrected chi connectivity index (χ1v) is 15.3. The van der Waals surface area contributed by atoms with E-state index in [1.54, 1.807) is 82.0 Å². The zero-order valence-electron chi connectivity index (χ0n) is 24.9. The lowest BCUT2D eigenvalue weighted by atomic mass is 9.77. The fourth-order valence-corrected chi connectivity index (χ4v) is 6.48. The minimum Gasteiger partial charge on any atom is -0.497 e. The monoisotopic (exact) mass is 629 g/mol. The number of sulfonamides is 1. The van der Waals surface area contributed by atoms with E-state index in [0.29, 0.717) is 17.2 Å². The standard InChI is InChI=1S/C31H32BN5O7S/c1-42-25-13-7-22(8-14-25)19-36(20-23-9-15-26(43-2)16-10-23)45(40,41)29-6-4-5-28(32(38)39)30(29)31-33-34-35-37(31)21-24-11-17-27(44-3)18-12-24/h4-18,38-39H,19-21H2,1-3H3. The first-order chi connectivity index (χ1) is 21.7. The summed E-state index contributed by atoms with van der Waals surface area (Å²) < 4.78 is 47.8.